The van der Waals surface area contributed by atoms with Gasteiger partial charge in [0.15, 0.2) is 0 Å². The van der Waals surface area contributed by atoms with E-state index in [4.69, 9.17) is 11.6 Å². The molecule has 112 valence electrons. The number of aryl methyl sites for hydroxylation is 1. The molecule has 0 aromatic heterocycles. The molecule has 0 nitrogen and oxygen atoms in total. The maximum atomic E-state index is 5.57. The largest absolute Gasteiger partial charge is 0.103 e. The fourth-order valence-corrected chi connectivity index (χ4v) is 3.33. The van der Waals surface area contributed by atoms with E-state index >= 15 is 0 Å². The van der Waals surface area contributed by atoms with Gasteiger partial charge in [-0.15, -0.1) is 5.92 Å². The predicted octanol–water partition coefficient (Wildman–Crippen LogP) is 5.99. The summed E-state index contributed by atoms with van der Waals surface area (Å²) in [6.45, 7) is 2.14. The molecule has 1 aliphatic carbocycles. The molecule has 0 saturated heterocycles. The molecule has 0 amide bonds. The summed E-state index contributed by atoms with van der Waals surface area (Å²) in [6.07, 6.45) is 11.4. The van der Waals surface area contributed by atoms with Crippen LogP contribution in [0.2, 0.25) is 0 Å². The molecule has 1 fully saturated rings. The average molecular weight is 301 g/mol. The third-order valence-electron chi connectivity index (χ3n) is 4.41. The van der Waals surface area contributed by atoms with Crippen molar-refractivity contribution in [3.63, 3.8) is 0 Å². The lowest BCUT2D eigenvalue weighted by Crippen LogP contribution is -2.27. The molecule has 0 bridgehead atoms. The van der Waals surface area contributed by atoms with Crippen LogP contribution in [0.15, 0.2) is 35.9 Å². The van der Waals surface area contributed by atoms with Crippen LogP contribution in [0.3, 0.4) is 0 Å². The predicted molar refractivity (Wildman–Crippen MR) is 92.6 cm³/mol. The number of allylic oxidation sites excluding steroid dienone is 1. The zero-order valence-electron chi connectivity index (χ0n) is 13.0. The van der Waals surface area contributed by atoms with E-state index in [1.54, 1.807) is 5.54 Å². The van der Waals surface area contributed by atoms with E-state index in [1.165, 1.54) is 43.2 Å². The maximum Gasteiger partial charge on any atom is 0.0562 e. The van der Waals surface area contributed by atoms with E-state index in [0.29, 0.717) is 0 Å². The SMILES string of the molecule is CCC#CC1(c2ccc(CC/C=C/Cl)cc2)CCCCC1. The summed E-state index contributed by atoms with van der Waals surface area (Å²) in [5.41, 5.74) is 4.51. The van der Waals surface area contributed by atoms with Crippen molar-refractivity contribution in [2.45, 2.75) is 63.7 Å². The van der Waals surface area contributed by atoms with Crippen LogP contribution in [0.5, 0.6) is 0 Å². The Morgan fingerprint density at radius 2 is 1.86 bits per heavy atom. The van der Waals surface area contributed by atoms with Gasteiger partial charge in [-0.05, 0) is 36.8 Å². The van der Waals surface area contributed by atoms with Gasteiger partial charge in [0.25, 0.3) is 0 Å². The van der Waals surface area contributed by atoms with E-state index < -0.39 is 0 Å². The molecule has 1 saturated carbocycles. The van der Waals surface area contributed by atoms with Crippen LogP contribution in [0.4, 0.5) is 0 Å². The topological polar surface area (TPSA) is 0 Å². The Labute approximate surface area is 134 Å². The molecule has 1 heteroatoms. The van der Waals surface area contributed by atoms with Crippen molar-refractivity contribution in [2.24, 2.45) is 0 Å². The molecule has 0 aliphatic heterocycles. The van der Waals surface area contributed by atoms with Gasteiger partial charge in [-0.2, -0.15) is 0 Å². The van der Waals surface area contributed by atoms with E-state index in [2.05, 4.69) is 43.0 Å². The molecule has 1 aromatic carbocycles. The minimum absolute atomic E-state index is 0.114. The van der Waals surface area contributed by atoms with Gasteiger partial charge < -0.3 is 0 Å². The van der Waals surface area contributed by atoms with Crippen LogP contribution in [0.25, 0.3) is 0 Å². The van der Waals surface area contributed by atoms with E-state index in [9.17, 15) is 0 Å². The molecule has 0 unspecified atom stereocenters. The normalized spacial score (nSPS) is 17.4. The molecular formula is C20H25Cl. The molecule has 1 aliphatic rings. The highest BCUT2D eigenvalue weighted by Gasteiger charge is 2.31. The van der Waals surface area contributed by atoms with Crippen LogP contribution < -0.4 is 0 Å². The maximum absolute atomic E-state index is 5.57. The third-order valence-corrected chi connectivity index (χ3v) is 4.59. The highest BCUT2D eigenvalue weighted by atomic mass is 35.5. The van der Waals surface area contributed by atoms with Crippen molar-refractivity contribution in [3.8, 4) is 11.8 Å². The Kier molecular flexibility index (Phi) is 6.40. The van der Waals surface area contributed by atoms with Crippen molar-refractivity contribution in [2.75, 3.05) is 0 Å². The second-order valence-electron chi connectivity index (χ2n) is 5.90. The van der Waals surface area contributed by atoms with Gasteiger partial charge in [-0.3, -0.25) is 0 Å². The first-order valence-electron chi connectivity index (χ1n) is 8.15. The minimum Gasteiger partial charge on any atom is -0.103 e. The van der Waals surface area contributed by atoms with Gasteiger partial charge in [0, 0.05) is 12.0 Å². The minimum atomic E-state index is 0.114. The fourth-order valence-electron chi connectivity index (χ4n) is 3.20. The standard InChI is InChI=1S/C20H25Cl/c1-2-3-14-20(15-6-4-7-16-20)19-12-10-18(11-13-19)9-5-8-17-21/h8,10-13,17H,2,4-7,9,15-16H2,1H3/b17-8+. The molecule has 0 heterocycles. The van der Waals surface area contributed by atoms with E-state index in [0.717, 1.165) is 19.3 Å². The quantitative estimate of drug-likeness (QED) is 0.599. The highest BCUT2D eigenvalue weighted by Crippen LogP contribution is 2.39. The molecule has 0 radical (unpaired) electrons. The first-order valence-corrected chi connectivity index (χ1v) is 8.59. The molecule has 1 aromatic rings. The van der Waals surface area contributed by atoms with Gasteiger partial charge in [-0.25, -0.2) is 0 Å². The summed E-state index contributed by atoms with van der Waals surface area (Å²) in [5, 5.41) is 0. The molecule has 0 spiro atoms. The summed E-state index contributed by atoms with van der Waals surface area (Å²) in [7, 11) is 0. The van der Waals surface area contributed by atoms with Crippen LogP contribution in [-0.4, -0.2) is 0 Å². The first-order chi connectivity index (χ1) is 10.3. The molecule has 0 atom stereocenters. The third kappa shape index (κ3) is 4.39. The van der Waals surface area contributed by atoms with E-state index in [1.807, 2.05) is 6.08 Å². The lowest BCUT2D eigenvalue weighted by molar-refractivity contribution is 0.369. The highest BCUT2D eigenvalue weighted by molar-refractivity contribution is 6.25. The van der Waals surface area contributed by atoms with Crippen LogP contribution >= 0.6 is 11.6 Å². The Hall–Kier alpha value is -1.19. The van der Waals surface area contributed by atoms with Crippen LogP contribution in [0, 0.1) is 11.8 Å². The zero-order chi connectivity index (χ0) is 15.0. The summed E-state index contributed by atoms with van der Waals surface area (Å²) in [4.78, 5) is 0. The Balaban J connectivity index is 2.16. The summed E-state index contributed by atoms with van der Waals surface area (Å²) >= 11 is 5.57. The number of hydrogen-bond donors (Lipinski definition) is 0. The summed E-state index contributed by atoms with van der Waals surface area (Å²) in [6, 6.07) is 9.13. The van der Waals surface area contributed by atoms with Gasteiger partial charge >= 0.3 is 0 Å². The number of rotatable bonds is 4. The second-order valence-corrected chi connectivity index (χ2v) is 6.15. The van der Waals surface area contributed by atoms with Gasteiger partial charge in [-0.1, -0.05) is 74.0 Å². The second kappa shape index (κ2) is 8.30. The Morgan fingerprint density at radius 3 is 2.48 bits per heavy atom. The van der Waals surface area contributed by atoms with E-state index in [-0.39, 0.29) is 5.41 Å². The first kappa shape index (κ1) is 16.2. The Morgan fingerprint density at radius 1 is 1.14 bits per heavy atom. The smallest absolute Gasteiger partial charge is 0.0562 e. The van der Waals surface area contributed by atoms with Crippen molar-refractivity contribution < 1.29 is 0 Å². The molecule has 21 heavy (non-hydrogen) atoms. The monoisotopic (exact) mass is 300 g/mol. The lowest BCUT2D eigenvalue weighted by atomic mass is 9.70. The van der Waals surface area contributed by atoms with Gasteiger partial charge in [0.05, 0.1) is 5.41 Å². The summed E-state index contributed by atoms with van der Waals surface area (Å²) < 4.78 is 0. The summed E-state index contributed by atoms with van der Waals surface area (Å²) in [5.74, 6) is 6.93. The van der Waals surface area contributed by atoms with Crippen molar-refractivity contribution in [3.05, 3.63) is 47.0 Å². The number of halogens is 1. The number of hydrogen-bond acceptors (Lipinski definition) is 0. The zero-order valence-corrected chi connectivity index (χ0v) is 13.8. The van der Waals surface area contributed by atoms with Crippen molar-refractivity contribution >= 4 is 11.6 Å². The van der Waals surface area contributed by atoms with Crippen molar-refractivity contribution in [1.82, 2.24) is 0 Å². The molecule has 0 N–H and O–H groups in total. The molecule has 2 rings (SSSR count). The van der Waals surface area contributed by atoms with Crippen molar-refractivity contribution in [1.29, 1.82) is 0 Å². The van der Waals surface area contributed by atoms with Gasteiger partial charge in [0.1, 0.15) is 0 Å². The van der Waals surface area contributed by atoms with Crippen LogP contribution in [0.1, 0.15) is 63.0 Å². The fraction of sp³-hybridized carbons (Fsp3) is 0.500. The Bertz CT molecular complexity index is 507. The molecular weight excluding hydrogens is 276 g/mol. The average Bonchev–Trinajstić information content (AvgIpc) is 2.55. The van der Waals surface area contributed by atoms with Crippen LogP contribution in [-0.2, 0) is 11.8 Å². The number of benzene rings is 1. The van der Waals surface area contributed by atoms with Gasteiger partial charge in [0.2, 0.25) is 0 Å². The lowest BCUT2D eigenvalue weighted by Gasteiger charge is -2.33.